The first kappa shape index (κ1) is 6.59. The Balaban J connectivity index is 0.000000360. The van der Waals surface area contributed by atoms with E-state index >= 15 is 0 Å². The Kier molecular flexibility index (Phi) is 3.55. The van der Waals surface area contributed by atoms with Gasteiger partial charge in [-0.1, -0.05) is 0 Å². The van der Waals surface area contributed by atoms with Crippen molar-refractivity contribution in [3.05, 3.63) is 23.2 Å². The fourth-order valence-electron chi connectivity index (χ4n) is 0.258. The van der Waals surface area contributed by atoms with E-state index < -0.39 is 0 Å². The standard InChI is InChI=1S/C4H5NS.H3N/c1-3-6-4-2-5-1;/h1-5H;1H3. The SMILES string of the molecule is C1=CSC=CN1.N. The van der Waals surface area contributed by atoms with Gasteiger partial charge in [-0.2, -0.15) is 0 Å². The van der Waals surface area contributed by atoms with Gasteiger partial charge in [-0.15, -0.1) is 11.8 Å². The second-order valence-electron chi connectivity index (χ2n) is 0.908. The van der Waals surface area contributed by atoms with Crippen LogP contribution in [0.5, 0.6) is 0 Å². The second kappa shape index (κ2) is 3.77. The molecule has 0 unspecified atom stereocenters. The third kappa shape index (κ3) is 2.31. The molecule has 1 aliphatic rings. The Morgan fingerprint density at radius 2 is 1.71 bits per heavy atom. The summed E-state index contributed by atoms with van der Waals surface area (Å²) in [5, 5.41) is 6.88. The molecule has 1 heterocycles. The molecule has 1 aliphatic heterocycles. The summed E-state index contributed by atoms with van der Waals surface area (Å²) in [7, 11) is 0. The molecule has 0 aromatic rings. The maximum atomic E-state index is 2.90. The van der Waals surface area contributed by atoms with Gasteiger partial charge in [-0.25, -0.2) is 0 Å². The first-order chi connectivity index (χ1) is 3.00. The second-order valence-corrected chi connectivity index (χ2v) is 1.72. The number of hydrogen-bond acceptors (Lipinski definition) is 3. The smallest absolute Gasteiger partial charge is 0.00715 e. The van der Waals surface area contributed by atoms with Crippen LogP contribution in [0.25, 0.3) is 0 Å². The normalized spacial score (nSPS) is 14.9. The maximum absolute atomic E-state index is 2.90. The summed E-state index contributed by atoms with van der Waals surface area (Å²) >= 11 is 1.67. The molecule has 0 aliphatic carbocycles. The van der Waals surface area contributed by atoms with Crippen LogP contribution in [-0.2, 0) is 0 Å². The molecule has 0 atom stereocenters. The zero-order valence-electron chi connectivity index (χ0n) is 3.92. The van der Waals surface area contributed by atoms with E-state index in [0.717, 1.165) is 0 Å². The van der Waals surface area contributed by atoms with E-state index in [4.69, 9.17) is 0 Å². The zero-order valence-corrected chi connectivity index (χ0v) is 4.74. The molecule has 0 saturated carbocycles. The lowest BCUT2D eigenvalue weighted by molar-refractivity contribution is 1.20. The van der Waals surface area contributed by atoms with Gasteiger partial charge in [-0.05, 0) is 10.8 Å². The van der Waals surface area contributed by atoms with Gasteiger partial charge in [0.2, 0.25) is 0 Å². The third-order valence-corrected chi connectivity index (χ3v) is 1.07. The highest BCUT2D eigenvalue weighted by atomic mass is 32.2. The van der Waals surface area contributed by atoms with Crippen molar-refractivity contribution in [1.29, 1.82) is 0 Å². The van der Waals surface area contributed by atoms with Gasteiger partial charge in [0.25, 0.3) is 0 Å². The fourth-order valence-corrected chi connectivity index (χ4v) is 0.663. The molecule has 7 heavy (non-hydrogen) atoms. The first-order valence-electron chi connectivity index (χ1n) is 1.72. The van der Waals surface area contributed by atoms with E-state index in [1.165, 1.54) is 0 Å². The molecular weight excluding hydrogens is 108 g/mol. The predicted molar refractivity (Wildman–Crippen MR) is 34.0 cm³/mol. The van der Waals surface area contributed by atoms with Crippen molar-refractivity contribution in [3.63, 3.8) is 0 Å². The molecule has 4 N–H and O–H groups in total. The minimum atomic E-state index is 0. The van der Waals surface area contributed by atoms with Gasteiger partial charge in [0, 0.05) is 12.4 Å². The molecule has 3 heteroatoms. The van der Waals surface area contributed by atoms with Gasteiger partial charge < -0.3 is 11.5 Å². The Morgan fingerprint density at radius 3 is 1.86 bits per heavy atom. The molecule has 0 spiro atoms. The molecule has 2 nitrogen and oxygen atoms in total. The van der Waals surface area contributed by atoms with Crippen LogP contribution >= 0.6 is 11.8 Å². The summed E-state index contributed by atoms with van der Waals surface area (Å²) < 4.78 is 0. The molecule has 1 rings (SSSR count). The van der Waals surface area contributed by atoms with Crippen molar-refractivity contribution >= 4 is 11.8 Å². The van der Waals surface area contributed by atoms with Gasteiger partial charge in [-0.3, -0.25) is 0 Å². The Hall–Kier alpha value is -0.410. The highest BCUT2D eigenvalue weighted by Gasteiger charge is 1.73. The molecule has 40 valence electrons. The van der Waals surface area contributed by atoms with Crippen molar-refractivity contribution in [2.75, 3.05) is 0 Å². The Morgan fingerprint density at radius 1 is 1.14 bits per heavy atom. The Labute approximate surface area is 47.3 Å². The molecule has 0 saturated heterocycles. The molecule has 0 aromatic heterocycles. The van der Waals surface area contributed by atoms with E-state index in [-0.39, 0.29) is 6.15 Å². The molecular formula is C4H8N2S. The van der Waals surface area contributed by atoms with Crippen LogP contribution in [0.2, 0.25) is 0 Å². The van der Waals surface area contributed by atoms with Crippen molar-refractivity contribution in [3.8, 4) is 0 Å². The number of hydrogen-bond donors (Lipinski definition) is 2. The van der Waals surface area contributed by atoms with Gasteiger partial charge in [0.05, 0.1) is 0 Å². The van der Waals surface area contributed by atoms with E-state index in [0.29, 0.717) is 0 Å². The van der Waals surface area contributed by atoms with Gasteiger partial charge in [0.1, 0.15) is 0 Å². The van der Waals surface area contributed by atoms with Crippen molar-refractivity contribution < 1.29 is 0 Å². The van der Waals surface area contributed by atoms with Crippen molar-refractivity contribution in [2.45, 2.75) is 0 Å². The highest BCUT2D eigenvalue weighted by Crippen LogP contribution is 2.04. The average Bonchev–Trinajstić information content (AvgIpc) is 1.72. The summed E-state index contributed by atoms with van der Waals surface area (Å²) in [5.41, 5.74) is 0. The van der Waals surface area contributed by atoms with Crippen LogP contribution in [0.15, 0.2) is 23.2 Å². The fraction of sp³-hybridized carbons (Fsp3) is 0. The Bertz CT molecular complexity index is 67.7. The minimum absolute atomic E-state index is 0. The summed E-state index contributed by atoms with van der Waals surface area (Å²) in [6.07, 6.45) is 3.79. The molecule has 0 bridgehead atoms. The average molecular weight is 116 g/mol. The van der Waals surface area contributed by atoms with Crippen molar-refractivity contribution in [1.82, 2.24) is 11.5 Å². The number of thioether (sulfide) groups is 1. The number of rotatable bonds is 0. The van der Waals surface area contributed by atoms with E-state index in [9.17, 15) is 0 Å². The summed E-state index contributed by atoms with van der Waals surface area (Å²) in [5.74, 6) is 0. The summed E-state index contributed by atoms with van der Waals surface area (Å²) in [6.45, 7) is 0. The lowest BCUT2D eigenvalue weighted by atomic mass is 10.9. The van der Waals surface area contributed by atoms with Crippen LogP contribution in [0.4, 0.5) is 0 Å². The van der Waals surface area contributed by atoms with Crippen LogP contribution < -0.4 is 11.5 Å². The lowest BCUT2D eigenvalue weighted by Gasteiger charge is -1.91. The zero-order chi connectivity index (χ0) is 4.24. The quantitative estimate of drug-likeness (QED) is 0.503. The molecule has 0 fully saturated rings. The van der Waals surface area contributed by atoms with Crippen LogP contribution in [-0.4, -0.2) is 0 Å². The minimum Gasteiger partial charge on any atom is -0.367 e. The van der Waals surface area contributed by atoms with E-state index in [2.05, 4.69) is 5.32 Å². The molecule has 0 aromatic carbocycles. The van der Waals surface area contributed by atoms with Crippen LogP contribution in [0, 0.1) is 0 Å². The summed E-state index contributed by atoms with van der Waals surface area (Å²) in [6, 6.07) is 0. The predicted octanol–water partition coefficient (Wildman–Crippen LogP) is 1.43. The molecule has 0 radical (unpaired) electrons. The van der Waals surface area contributed by atoms with Gasteiger partial charge in [0.15, 0.2) is 0 Å². The lowest BCUT2D eigenvalue weighted by Crippen LogP contribution is -1.91. The van der Waals surface area contributed by atoms with Gasteiger partial charge >= 0.3 is 0 Å². The van der Waals surface area contributed by atoms with Crippen molar-refractivity contribution in [2.24, 2.45) is 0 Å². The number of nitrogens with one attached hydrogen (secondary N) is 1. The molecule has 0 amide bonds. The third-order valence-electron chi connectivity index (χ3n) is 0.486. The topological polar surface area (TPSA) is 47.0 Å². The van der Waals surface area contributed by atoms with Crippen LogP contribution in [0.3, 0.4) is 0 Å². The van der Waals surface area contributed by atoms with Crippen LogP contribution in [0.1, 0.15) is 0 Å². The van der Waals surface area contributed by atoms with E-state index in [1.54, 1.807) is 11.8 Å². The highest BCUT2D eigenvalue weighted by molar-refractivity contribution is 8.04. The van der Waals surface area contributed by atoms with E-state index in [1.807, 2.05) is 23.2 Å². The monoisotopic (exact) mass is 116 g/mol. The first-order valence-corrected chi connectivity index (χ1v) is 2.66. The largest absolute Gasteiger partial charge is 0.367 e. The maximum Gasteiger partial charge on any atom is 0.00715 e. The summed E-state index contributed by atoms with van der Waals surface area (Å²) in [4.78, 5) is 0.